The Hall–Kier alpha value is -1.67. The van der Waals surface area contributed by atoms with Gasteiger partial charge in [0.2, 0.25) is 0 Å². The van der Waals surface area contributed by atoms with Crippen molar-refractivity contribution in [1.29, 1.82) is 0 Å². The lowest BCUT2D eigenvalue weighted by atomic mass is 10.0. The number of rotatable bonds is 39. The standard InChI is InChI=1S/C45H85NO7/c1-4-7-10-13-17-24-31-40(32-25-18-14-11-8-5-2)51-43(48)35-28-20-16-22-29-36-46(38-39-47)37-30-23-21-27-34-42-45(50)52-41(44(49)53-42)33-26-19-15-12-9-6-3/h40-42,47H,4-39H2,1-3H3. The van der Waals surface area contributed by atoms with E-state index >= 15 is 0 Å². The second kappa shape index (κ2) is 36.0. The van der Waals surface area contributed by atoms with Gasteiger partial charge in [-0.3, -0.25) is 4.79 Å². The van der Waals surface area contributed by atoms with E-state index in [1.54, 1.807) is 0 Å². The summed E-state index contributed by atoms with van der Waals surface area (Å²) in [6, 6.07) is 0. The molecule has 0 aromatic heterocycles. The monoisotopic (exact) mass is 752 g/mol. The van der Waals surface area contributed by atoms with Crippen molar-refractivity contribution >= 4 is 17.9 Å². The van der Waals surface area contributed by atoms with Gasteiger partial charge in [-0.1, -0.05) is 149 Å². The fraction of sp³-hybridized carbons (Fsp3) is 0.933. The number of esters is 3. The third kappa shape index (κ3) is 28.4. The zero-order valence-electron chi connectivity index (χ0n) is 35.0. The molecule has 53 heavy (non-hydrogen) atoms. The highest BCUT2D eigenvalue weighted by atomic mass is 16.6. The average molecular weight is 752 g/mol. The van der Waals surface area contributed by atoms with Gasteiger partial charge in [-0.25, -0.2) is 9.59 Å². The van der Waals surface area contributed by atoms with Crippen molar-refractivity contribution in [3.63, 3.8) is 0 Å². The Labute approximate surface area is 326 Å². The fourth-order valence-corrected chi connectivity index (χ4v) is 7.43. The first-order valence-electron chi connectivity index (χ1n) is 22.9. The van der Waals surface area contributed by atoms with Gasteiger partial charge in [0, 0.05) is 13.0 Å². The van der Waals surface area contributed by atoms with Crippen LogP contribution in [0.4, 0.5) is 0 Å². The molecule has 1 heterocycles. The number of aliphatic hydroxyl groups is 1. The molecule has 0 aromatic rings. The molecule has 2 atom stereocenters. The maximum atomic E-state index is 12.7. The van der Waals surface area contributed by atoms with Crippen molar-refractivity contribution in [2.24, 2.45) is 0 Å². The van der Waals surface area contributed by atoms with E-state index in [0.717, 1.165) is 103 Å². The quantitative estimate of drug-likeness (QED) is 0.0376. The van der Waals surface area contributed by atoms with Crippen LogP contribution < -0.4 is 0 Å². The molecule has 1 aliphatic heterocycles. The van der Waals surface area contributed by atoms with Crippen molar-refractivity contribution in [1.82, 2.24) is 4.90 Å². The molecule has 0 aliphatic carbocycles. The van der Waals surface area contributed by atoms with E-state index < -0.39 is 12.2 Å². The van der Waals surface area contributed by atoms with E-state index in [-0.39, 0.29) is 30.6 Å². The largest absolute Gasteiger partial charge is 0.462 e. The second-order valence-corrected chi connectivity index (χ2v) is 15.9. The van der Waals surface area contributed by atoms with Gasteiger partial charge in [-0.15, -0.1) is 0 Å². The predicted octanol–water partition coefficient (Wildman–Crippen LogP) is 11.6. The van der Waals surface area contributed by atoms with Crippen LogP contribution >= 0.6 is 0 Å². The number of unbranched alkanes of at least 4 members (excludes halogenated alkanes) is 22. The summed E-state index contributed by atoms with van der Waals surface area (Å²) in [5.74, 6) is -0.777. The van der Waals surface area contributed by atoms with Crippen LogP contribution in [0.3, 0.4) is 0 Å². The predicted molar refractivity (Wildman–Crippen MR) is 218 cm³/mol. The highest BCUT2D eigenvalue weighted by Crippen LogP contribution is 2.21. The van der Waals surface area contributed by atoms with Gasteiger partial charge >= 0.3 is 17.9 Å². The topological polar surface area (TPSA) is 102 Å². The number of carbonyl (C=O) groups excluding carboxylic acids is 3. The van der Waals surface area contributed by atoms with E-state index in [0.29, 0.717) is 25.8 Å². The second-order valence-electron chi connectivity index (χ2n) is 15.9. The van der Waals surface area contributed by atoms with Crippen LogP contribution in [0, 0.1) is 0 Å². The minimum absolute atomic E-state index is 0.00628. The zero-order chi connectivity index (χ0) is 38.6. The lowest BCUT2D eigenvalue weighted by Crippen LogP contribution is -2.43. The number of cyclic esters (lactones) is 2. The minimum Gasteiger partial charge on any atom is -0.462 e. The van der Waals surface area contributed by atoms with Crippen molar-refractivity contribution in [2.75, 3.05) is 26.2 Å². The third-order valence-electron chi connectivity index (χ3n) is 10.9. The summed E-state index contributed by atoms with van der Waals surface area (Å²) in [5.41, 5.74) is 0. The van der Waals surface area contributed by atoms with Crippen LogP contribution in [0.25, 0.3) is 0 Å². The van der Waals surface area contributed by atoms with Crippen molar-refractivity contribution in [3.8, 4) is 0 Å². The molecule has 0 aromatic carbocycles. The molecule has 0 radical (unpaired) electrons. The van der Waals surface area contributed by atoms with E-state index in [4.69, 9.17) is 14.2 Å². The van der Waals surface area contributed by atoms with Crippen LogP contribution in [0.2, 0.25) is 0 Å². The van der Waals surface area contributed by atoms with Crippen molar-refractivity contribution in [3.05, 3.63) is 0 Å². The lowest BCUT2D eigenvalue weighted by molar-refractivity contribution is -0.196. The van der Waals surface area contributed by atoms with Gasteiger partial charge in [0.25, 0.3) is 0 Å². The normalized spacial score (nSPS) is 16.0. The summed E-state index contributed by atoms with van der Waals surface area (Å²) in [6.07, 6.45) is 33.4. The Morgan fingerprint density at radius 1 is 0.547 bits per heavy atom. The highest BCUT2D eigenvalue weighted by Gasteiger charge is 2.37. The molecule has 8 nitrogen and oxygen atoms in total. The summed E-state index contributed by atoms with van der Waals surface area (Å²) >= 11 is 0. The van der Waals surface area contributed by atoms with Crippen LogP contribution in [0.15, 0.2) is 0 Å². The number of hydrogen-bond acceptors (Lipinski definition) is 8. The average Bonchev–Trinajstić information content (AvgIpc) is 3.14. The van der Waals surface area contributed by atoms with E-state index in [9.17, 15) is 19.5 Å². The van der Waals surface area contributed by atoms with E-state index in [2.05, 4.69) is 25.7 Å². The molecule has 1 fully saturated rings. The SMILES string of the molecule is CCCCCCCCC(CCCCCCCC)OC(=O)CCCCCCCN(CCO)CCCCCCC1OC(=O)C(CCCCCCCC)OC1=O. The fourth-order valence-electron chi connectivity index (χ4n) is 7.43. The molecule has 1 saturated heterocycles. The van der Waals surface area contributed by atoms with Crippen LogP contribution in [-0.2, 0) is 28.6 Å². The Balaban J connectivity index is 2.16. The van der Waals surface area contributed by atoms with Gasteiger partial charge in [0.15, 0.2) is 12.2 Å². The smallest absolute Gasteiger partial charge is 0.348 e. The molecule has 0 bridgehead atoms. The number of hydrogen-bond donors (Lipinski definition) is 1. The zero-order valence-corrected chi connectivity index (χ0v) is 35.0. The molecule has 1 rings (SSSR count). The van der Waals surface area contributed by atoms with Gasteiger partial charge in [0.1, 0.15) is 6.10 Å². The Morgan fingerprint density at radius 2 is 0.925 bits per heavy atom. The van der Waals surface area contributed by atoms with E-state index in [1.807, 2.05) is 0 Å². The Bertz CT molecular complexity index is 852. The van der Waals surface area contributed by atoms with Gasteiger partial charge in [-0.2, -0.15) is 0 Å². The molecule has 8 heteroatoms. The maximum Gasteiger partial charge on any atom is 0.348 e. The molecular formula is C45H85NO7. The first kappa shape index (κ1) is 49.3. The molecule has 1 N–H and O–H groups in total. The van der Waals surface area contributed by atoms with Gasteiger partial charge in [0.05, 0.1) is 6.61 Å². The van der Waals surface area contributed by atoms with Crippen LogP contribution in [0.5, 0.6) is 0 Å². The summed E-state index contributed by atoms with van der Waals surface area (Å²) < 4.78 is 16.9. The first-order valence-corrected chi connectivity index (χ1v) is 22.9. The summed E-state index contributed by atoms with van der Waals surface area (Å²) in [7, 11) is 0. The van der Waals surface area contributed by atoms with Crippen LogP contribution in [-0.4, -0.2) is 72.5 Å². The number of carbonyl (C=O) groups is 3. The lowest BCUT2D eigenvalue weighted by Gasteiger charge is -2.27. The van der Waals surface area contributed by atoms with Crippen molar-refractivity contribution in [2.45, 2.75) is 245 Å². The van der Waals surface area contributed by atoms with Gasteiger partial charge in [-0.05, 0) is 83.7 Å². The molecule has 0 amide bonds. The molecule has 1 aliphatic rings. The molecular weight excluding hydrogens is 666 g/mol. The number of nitrogens with zero attached hydrogens (tertiary/aromatic N) is 1. The number of aliphatic hydroxyl groups excluding tert-OH is 1. The summed E-state index contributed by atoms with van der Waals surface area (Å²) in [4.78, 5) is 39.9. The summed E-state index contributed by atoms with van der Waals surface area (Å²) in [5, 5.41) is 9.58. The Kier molecular flexibility index (Phi) is 33.5. The third-order valence-corrected chi connectivity index (χ3v) is 10.9. The summed E-state index contributed by atoms with van der Waals surface area (Å²) in [6.45, 7) is 9.48. The molecule has 0 saturated carbocycles. The minimum atomic E-state index is -0.762. The Morgan fingerprint density at radius 3 is 1.36 bits per heavy atom. The number of ether oxygens (including phenoxy) is 3. The molecule has 312 valence electrons. The van der Waals surface area contributed by atoms with Crippen molar-refractivity contribution < 1.29 is 33.7 Å². The molecule has 2 unspecified atom stereocenters. The van der Waals surface area contributed by atoms with Gasteiger partial charge < -0.3 is 24.2 Å². The van der Waals surface area contributed by atoms with E-state index in [1.165, 1.54) is 96.3 Å². The molecule has 0 spiro atoms. The highest BCUT2D eigenvalue weighted by molar-refractivity contribution is 5.87. The maximum absolute atomic E-state index is 12.7. The first-order chi connectivity index (χ1) is 25.9. The van der Waals surface area contributed by atoms with Crippen LogP contribution in [0.1, 0.15) is 226 Å².